The first-order valence-electron chi connectivity index (χ1n) is 5.54. The van der Waals surface area contributed by atoms with E-state index in [1.54, 1.807) is 0 Å². The van der Waals surface area contributed by atoms with Gasteiger partial charge in [-0.15, -0.1) is 0 Å². The van der Waals surface area contributed by atoms with Gasteiger partial charge < -0.3 is 5.73 Å². The lowest BCUT2D eigenvalue weighted by atomic mass is 10.0. The normalized spacial score (nSPS) is 15.7. The maximum atomic E-state index is 5.70. The molecule has 13 heavy (non-hydrogen) atoms. The van der Waals surface area contributed by atoms with Crippen molar-refractivity contribution in [1.82, 2.24) is 0 Å². The summed E-state index contributed by atoms with van der Waals surface area (Å²) < 4.78 is 0. The zero-order valence-corrected chi connectivity index (χ0v) is 10.2. The van der Waals surface area contributed by atoms with Crippen LogP contribution >= 0.6 is 11.8 Å². The van der Waals surface area contributed by atoms with E-state index in [-0.39, 0.29) is 0 Å². The van der Waals surface area contributed by atoms with Crippen LogP contribution in [-0.2, 0) is 0 Å². The van der Waals surface area contributed by atoms with Crippen molar-refractivity contribution in [2.75, 3.05) is 11.5 Å². The first kappa shape index (κ1) is 13.3. The van der Waals surface area contributed by atoms with E-state index in [0.29, 0.717) is 6.04 Å². The van der Waals surface area contributed by atoms with E-state index in [0.717, 1.165) is 11.7 Å². The molecule has 0 amide bonds. The molecular weight excluding hydrogens is 178 g/mol. The van der Waals surface area contributed by atoms with Crippen molar-refractivity contribution >= 4 is 11.8 Å². The third-order valence-electron chi connectivity index (χ3n) is 2.28. The first-order valence-corrected chi connectivity index (χ1v) is 6.69. The number of hydrogen-bond acceptors (Lipinski definition) is 2. The van der Waals surface area contributed by atoms with Gasteiger partial charge in [0.25, 0.3) is 0 Å². The van der Waals surface area contributed by atoms with E-state index in [4.69, 9.17) is 5.73 Å². The number of thioether (sulfide) groups is 1. The van der Waals surface area contributed by atoms with Crippen LogP contribution in [0.1, 0.15) is 46.5 Å². The maximum Gasteiger partial charge on any atom is 0.0101 e. The fraction of sp³-hybridized carbons (Fsp3) is 1.00. The van der Waals surface area contributed by atoms with Gasteiger partial charge in [-0.3, -0.25) is 0 Å². The molecule has 0 aliphatic rings. The van der Waals surface area contributed by atoms with Gasteiger partial charge in [-0.25, -0.2) is 0 Å². The van der Waals surface area contributed by atoms with Gasteiger partial charge in [0.2, 0.25) is 0 Å². The molecule has 1 nitrogen and oxygen atoms in total. The van der Waals surface area contributed by atoms with Crippen LogP contribution in [0.3, 0.4) is 0 Å². The molecule has 0 aromatic rings. The predicted octanol–water partition coefficient (Wildman–Crippen LogP) is 3.28. The smallest absolute Gasteiger partial charge is 0.0101 e. The summed E-state index contributed by atoms with van der Waals surface area (Å²) in [6.45, 7) is 6.65. The van der Waals surface area contributed by atoms with Gasteiger partial charge in [-0.1, -0.05) is 33.1 Å². The van der Waals surface area contributed by atoms with Gasteiger partial charge in [0.05, 0.1) is 0 Å². The van der Waals surface area contributed by atoms with Crippen molar-refractivity contribution in [3.8, 4) is 0 Å². The Morgan fingerprint density at radius 1 is 1.23 bits per heavy atom. The number of unbranched alkanes of at least 4 members (excludes halogenated alkanes) is 1. The summed E-state index contributed by atoms with van der Waals surface area (Å²) in [4.78, 5) is 0. The summed E-state index contributed by atoms with van der Waals surface area (Å²) in [6.07, 6.45) is 5.44. The van der Waals surface area contributed by atoms with E-state index in [9.17, 15) is 0 Å². The van der Waals surface area contributed by atoms with Crippen molar-refractivity contribution in [1.29, 1.82) is 0 Å². The third-order valence-corrected chi connectivity index (χ3v) is 3.75. The number of rotatable bonds is 8. The van der Waals surface area contributed by atoms with Crippen LogP contribution in [0.5, 0.6) is 0 Å². The minimum atomic E-state index is 0.355. The molecule has 0 saturated heterocycles. The Kier molecular flexibility index (Phi) is 9.10. The molecule has 0 heterocycles. The molecule has 0 fully saturated rings. The van der Waals surface area contributed by atoms with Crippen LogP contribution in [0, 0.1) is 5.92 Å². The Balaban J connectivity index is 3.36. The lowest BCUT2D eigenvalue weighted by Gasteiger charge is -2.14. The molecule has 0 aromatic carbocycles. The maximum absolute atomic E-state index is 5.70. The van der Waals surface area contributed by atoms with E-state index >= 15 is 0 Å². The average molecular weight is 203 g/mol. The molecule has 0 aromatic heterocycles. The largest absolute Gasteiger partial charge is 0.327 e. The predicted molar refractivity (Wildman–Crippen MR) is 64.3 cm³/mol. The second-order valence-electron chi connectivity index (χ2n) is 3.93. The van der Waals surface area contributed by atoms with Crippen LogP contribution in [0.4, 0.5) is 0 Å². The van der Waals surface area contributed by atoms with Gasteiger partial charge in [0, 0.05) is 11.8 Å². The van der Waals surface area contributed by atoms with Crippen molar-refractivity contribution in [3.05, 3.63) is 0 Å². The Bertz CT molecular complexity index is 104. The van der Waals surface area contributed by atoms with E-state index in [1.807, 2.05) is 11.8 Å². The molecule has 2 heteroatoms. The van der Waals surface area contributed by atoms with Gasteiger partial charge in [0.1, 0.15) is 0 Å². The summed E-state index contributed by atoms with van der Waals surface area (Å²) in [5.74, 6) is 3.34. The average Bonchev–Trinajstić information content (AvgIpc) is 2.10. The lowest BCUT2D eigenvalue weighted by molar-refractivity contribution is 0.499. The second kappa shape index (κ2) is 8.89. The number of nitrogens with two attached hydrogens (primary N) is 1. The highest BCUT2D eigenvalue weighted by Crippen LogP contribution is 2.18. The minimum Gasteiger partial charge on any atom is -0.327 e. The van der Waals surface area contributed by atoms with Crippen molar-refractivity contribution in [2.24, 2.45) is 11.7 Å². The quantitative estimate of drug-likeness (QED) is 0.655. The molecule has 2 atom stereocenters. The standard InChI is InChI=1S/C11H25NS/c1-4-6-7-11(5-2)9-13-8-10(3)12/h10-11H,4-9,12H2,1-3H3. The Labute approximate surface area is 87.9 Å². The minimum absolute atomic E-state index is 0.355. The fourth-order valence-electron chi connectivity index (χ4n) is 1.32. The Morgan fingerprint density at radius 3 is 2.38 bits per heavy atom. The molecule has 2 unspecified atom stereocenters. The SMILES string of the molecule is CCCCC(CC)CSCC(C)N. The summed E-state index contributed by atoms with van der Waals surface area (Å²) in [5, 5.41) is 0. The van der Waals surface area contributed by atoms with Crippen LogP contribution in [0.25, 0.3) is 0 Å². The molecule has 80 valence electrons. The van der Waals surface area contributed by atoms with E-state index in [1.165, 1.54) is 31.4 Å². The van der Waals surface area contributed by atoms with Gasteiger partial charge >= 0.3 is 0 Å². The summed E-state index contributed by atoms with van der Waals surface area (Å²) in [7, 11) is 0. The molecule has 2 N–H and O–H groups in total. The lowest BCUT2D eigenvalue weighted by Crippen LogP contribution is -2.18. The van der Waals surface area contributed by atoms with Crippen LogP contribution in [0.2, 0.25) is 0 Å². The molecule has 0 spiro atoms. The molecule has 0 saturated carbocycles. The number of hydrogen-bond donors (Lipinski definition) is 1. The zero-order chi connectivity index (χ0) is 10.1. The van der Waals surface area contributed by atoms with Crippen molar-refractivity contribution in [2.45, 2.75) is 52.5 Å². The highest BCUT2D eigenvalue weighted by molar-refractivity contribution is 7.99. The zero-order valence-electron chi connectivity index (χ0n) is 9.38. The highest BCUT2D eigenvalue weighted by atomic mass is 32.2. The summed E-state index contributed by atoms with van der Waals surface area (Å²) in [6, 6.07) is 0.355. The van der Waals surface area contributed by atoms with E-state index in [2.05, 4.69) is 20.8 Å². The topological polar surface area (TPSA) is 26.0 Å². The Morgan fingerprint density at radius 2 is 1.92 bits per heavy atom. The second-order valence-corrected chi connectivity index (χ2v) is 5.01. The summed E-state index contributed by atoms with van der Waals surface area (Å²) in [5.41, 5.74) is 5.70. The molecule has 0 bridgehead atoms. The molecule has 0 radical (unpaired) electrons. The first-order chi connectivity index (χ1) is 6.20. The van der Waals surface area contributed by atoms with Crippen LogP contribution in [0.15, 0.2) is 0 Å². The van der Waals surface area contributed by atoms with Crippen molar-refractivity contribution < 1.29 is 0 Å². The fourth-order valence-corrected chi connectivity index (χ4v) is 2.56. The molecule has 0 aliphatic carbocycles. The Hall–Kier alpha value is 0.310. The summed E-state index contributed by atoms with van der Waals surface area (Å²) >= 11 is 2.02. The monoisotopic (exact) mass is 203 g/mol. The highest BCUT2D eigenvalue weighted by Gasteiger charge is 2.05. The van der Waals surface area contributed by atoms with Crippen LogP contribution in [-0.4, -0.2) is 17.5 Å². The van der Waals surface area contributed by atoms with Gasteiger partial charge in [0.15, 0.2) is 0 Å². The van der Waals surface area contributed by atoms with Crippen molar-refractivity contribution in [3.63, 3.8) is 0 Å². The van der Waals surface area contributed by atoms with Crippen LogP contribution < -0.4 is 5.73 Å². The third kappa shape index (κ3) is 8.63. The van der Waals surface area contributed by atoms with Gasteiger partial charge in [-0.05, 0) is 25.0 Å². The molecule has 0 aliphatic heterocycles. The van der Waals surface area contributed by atoms with Gasteiger partial charge in [-0.2, -0.15) is 11.8 Å². The molecule has 0 rings (SSSR count). The molecular formula is C11H25NS. The van der Waals surface area contributed by atoms with E-state index < -0.39 is 0 Å².